The lowest BCUT2D eigenvalue weighted by Gasteiger charge is -2.40. The molecule has 3 fully saturated rings. The fourth-order valence-corrected chi connectivity index (χ4v) is 4.37. The number of nitrogens with zero attached hydrogens (tertiary/aromatic N) is 1. The van der Waals surface area contributed by atoms with Crippen LogP contribution in [0.3, 0.4) is 0 Å². The van der Waals surface area contributed by atoms with Crippen LogP contribution in [0.4, 0.5) is 0 Å². The Balaban J connectivity index is 1.67. The highest BCUT2D eigenvalue weighted by Gasteiger charge is 2.45. The van der Waals surface area contributed by atoms with Gasteiger partial charge in [0.1, 0.15) is 0 Å². The van der Waals surface area contributed by atoms with Crippen molar-refractivity contribution in [2.24, 2.45) is 17.8 Å². The predicted octanol–water partition coefficient (Wildman–Crippen LogP) is 2.43. The zero-order valence-corrected chi connectivity index (χ0v) is 12.6. The van der Waals surface area contributed by atoms with Gasteiger partial charge < -0.3 is 9.64 Å². The topological polar surface area (TPSA) is 29.5 Å². The summed E-state index contributed by atoms with van der Waals surface area (Å²) < 4.78 is 5.70. The first-order chi connectivity index (χ1) is 8.69. The van der Waals surface area contributed by atoms with Gasteiger partial charge in [0.05, 0.1) is 18.8 Å². The molecule has 18 heavy (non-hydrogen) atoms. The third-order valence-electron chi connectivity index (χ3n) is 5.02. The maximum Gasteiger partial charge on any atom is 0.226 e. The van der Waals surface area contributed by atoms with Gasteiger partial charge in [0.25, 0.3) is 0 Å². The molecular weight excluding hydrogens is 294 g/mol. The molecule has 2 saturated carbocycles. The molecule has 0 spiro atoms. The maximum absolute atomic E-state index is 12.7. The highest BCUT2D eigenvalue weighted by molar-refractivity contribution is 9.09. The zero-order chi connectivity index (χ0) is 12.7. The first-order valence-electron chi connectivity index (χ1n) is 7.17. The molecule has 0 radical (unpaired) electrons. The van der Waals surface area contributed by atoms with Gasteiger partial charge in [-0.2, -0.15) is 0 Å². The van der Waals surface area contributed by atoms with Gasteiger partial charge in [-0.05, 0) is 38.0 Å². The van der Waals surface area contributed by atoms with Gasteiger partial charge in [-0.15, -0.1) is 0 Å². The van der Waals surface area contributed by atoms with Crippen molar-refractivity contribution in [3.8, 4) is 0 Å². The Hall–Kier alpha value is -0.0900. The van der Waals surface area contributed by atoms with E-state index in [2.05, 4.69) is 27.8 Å². The summed E-state index contributed by atoms with van der Waals surface area (Å²) in [7, 11) is 0. The molecule has 0 aromatic carbocycles. The quantitative estimate of drug-likeness (QED) is 0.732. The van der Waals surface area contributed by atoms with Gasteiger partial charge in [0.15, 0.2) is 0 Å². The Morgan fingerprint density at radius 1 is 1.39 bits per heavy atom. The van der Waals surface area contributed by atoms with Crippen LogP contribution in [0.25, 0.3) is 0 Å². The van der Waals surface area contributed by atoms with Crippen LogP contribution in [0.5, 0.6) is 0 Å². The van der Waals surface area contributed by atoms with Crippen molar-refractivity contribution in [1.29, 1.82) is 0 Å². The van der Waals surface area contributed by atoms with E-state index < -0.39 is 0 Å². The van der Waals surface area contributed by atoms with Crippen LogP contribution in [0, 0.1) is 17.8 Å². The molecule has 4 heteroatoms. The number of halogens is 1. The van der Waals surface area contributed by atoms with E-state index in [-0.39, 0.29) is 12.1 Å². The standard InChI is InChI=1S/C14H22BrNO2/c1-9-8-18-12(6-15)7-16(9)14(17)13-5-10-2-3-11(13)4-10/h9-13H,2-8H2,1H3. The Bertz CT molecular complexity index is 336. The minimum Gasteiger partial charge on any atom is -0.373 e. The first-order valence-corrected chi connectivity index (χ1v) is 8.29. The number of ether oxygens (including phenoxy) is 1. The van der Waals surface area contributed by atoms with Crippen molar-refractivity contribution in [2.45, 2.75) is 44.8 Å². The highest BCUT2D eigenvalue weighted by Crippen LogP contribution is 2.49. The van der Waals surface area contributed by atoms with Crippen molar-refractivity contribution >= 4 is 21.8 Å². The summed E-state index contributed by atoms with van der Waals surface area (Å²) in [4.78, 5) is 14.8. The lowest BCUT2D eigenvalue weighted by atomic mass is 9.87. The van der Waals surface area contributed by atoms with Crippen molar-refractivity contribution < 1.29 is 9.53 Å². The molecule has 2 bridgehead atoms. The van der Waals surface area contributed by atoms with Crippen LogP contribution in [0.1, 0.15) is 32.6 Å². The molecule has 1 amide bonds. The van der Waals surface area contributed by atoms with Gasteiger partial charge in [0, 0.05) is 17.8 Å². The summed E-state index contributed by atoms with van der Waals surface area (Å²) in [6.45, 7) is 3.55. The van der Waals surface area contributed by atoms with E-state index in [0.29, 0.717) is 24.3 Å². The minimum absolute atomic E-state index is 0.170. The van der Waals surface area contributed by atoms with Crippen molar-refractivity contribution in [3.05, 3.63) is 0 Å². The van der Waals surface area contributed by atoms with Gasteiger partial charge in [-0.1, -0.05) is 22.4 Å². The third-order valence-corrected chi connectivity index (χ3v) is 5.74. The Kier molecular flexibility index (Phi) is 3.68. The Morgan fingerprint density at radius 3 is 2.83 bits per heavy atom. The number of fused-ring (bicyclic) bond motifs is 2. The lowest BCUT2D eigenvalue weighted by Crippen LogP contribution is -2.53. The monoisotopic (exact) mass is 315 g/mol. The van der Waals surface area contributed by atoms with Gasteiger partial charge in [-0.25, -0.2) is 0 Å². The number of morpholine rings is 1. The number of rotatable bonds is 2. The van der Waals surface area contributed by atoms with Crippen molar-refractivity contribution in [3.63, 3.8) is 0 Å². The second kappa shape index (κ2) is 5.12. The molecule has 0 N–H and O–H groups in total. The molecule has 1 aliphatic heterocycles. The summed E-state index contributed by atoms with van der Waals surface area (Å²) in [6, 6.07) is 0.243. The average molecular weight is 316 g/mol. The summed E-state index contributed by atoms with van der Waals surface area (Å²) in [5, 5.41) is 0.820. The van der Waals surface area contributed by atoms with Crippen LogP contribution in [0.15, 0.2) is 0 Å². The summed E-state index contributed by atoms with van der Waals surface area (Å²) in [6.07, 6.45) is 5.26. The van der Waals surface area contributed by atoms with E-state index in [1.807, 2.05) is 0 Å². The molecular formula is C14H22BrNO2. The second-order valence-corrected chi connectivity index (χ2v) is 6.88. The molecule has 1 heterocycles. The van der Waals surface area contributed by atoms with Crippen molar-refractivity contribution in [2.75, 3.05) is 18.5 Å². The van der Waals surface area contributed by atoms with Crippen LogP contribution in [-0.2, 0) is 9.53 Å². The zero-order valence-electron chi connectivity index (χ0n) is 11.0. The number of hydrogen-bond acceptors (Lipinski definition) is 2. The minimum atomic E-state index is 0.170. The van der Waals surface area contributed by atoms with Crippen molar-refractivity contribution in [1.82, 2.24) is 4.90 Å². The fraction of sp³-hybridized carbons (Fsp3) is 0.929. The van der Waals surface area contributed by atoms with Gasteiger partial charge >= 0.3 is 0 Å². The summed E-state index contributed by atoms with van der Waals surface area (Å²) in [5.74, 6) is 2.25. The average Bonchev–Trinajstić information content (AvgIpc) is 3.01. The molecule has 0 aromatic rings. The maximum atomic E-state index is 12.7. The van der Waals surface area contributed by atoms with E-state index in [4.69, 9.17) is 4.74 Å². The van der Waals surface area contributed by atoms with E-state index in [0.717, 1.165) is 24.2 Å². The van der Waals surface area contributed by atoms with E-state index in [1.165, 1.54) is 19.3 Å². The third kappa shape index (κ3) is 2.22. The molecule has 3 rings (SSSR count). The molecule has 1 saturated heterocycles. The number of carbonyl (C=O) groups is 1. The summed E-state index contributed by atoms with van der Waals surface area (Å²) >= 11 is 3.46. The number of hydrogen-bond donors (Lipinski definition) is 0. The molecule has 3 nitrogen and oxygen atoms in total. The van der Waals surface area contributed by atoms with Gasteiger partial charge in [-0.3, -0.25) is 4.79 Å². The highest BCUT2D eigenvalue weighted by atomic mass is 79.9. The molecule has 2 aliphatic carbocycles. The normalized spacial score (nSPS) is 43.4. The van der Waals surface area contributed by atoms with Crippen LogP contribution < -0.4 is 0 Å². The Morgan fingerprint density at radius 2 is 2.22 bits per heavy atom. The van der Waals surface area contributed by atoms with Crippen LogP contribution in [0.2, 0.25) is 0 Å². The molecule has 3 aliphatic rings. The molecule has 5 atom stereocenters. The molecule has 0 aromatic heterocycles. The Labute approximate surface area is 117 Å². The predicted molar refractivity (Wildman–Crippen MR) is 73.6 cm³/mol. The SMILES string of the molecule is CC1COC(CBr)CN1C(=O)C1CC2CCC1C2. The van der Waals surface area contributed by atoms with E-state index in [9.17, 15) is 4.79 Å². The second-order valence-electron chi connectivity index (χ2n) is 6.23. The number of carbonyl (C=O) groups excluding carboxylic acids is 1. The smallest absolute Gasteiger partial charge is 0.226 e. The molecule has 102 valence electrons. The first kappa shape index (κ1) is 12.9. The van der Waals surface area contributed by atoms with E-state index >= 15 is 0 Å². The lowest BCUT2D eigenvalue weighted by molar-refractivity contribution is -0.149. The van der Waals surface area contributed by atoms with Crippen LogP contribution >= 0.6 is 15.9 Å². The van der Waals surface area contributed by atoms with Crippen LogP contribution in [-0.4, -0.2) is 41.4 Å². The summed E-state index contributed by atoms with van der Waals surface area (Å²) in [5.41, 5.74) is 0. The van der Waals surface area contributed by atoms with E-state index in [1.54, 1.807) is 0 Å². The number of amides is 1. The largest absolute Gasteiger partial charge is 0.373 e. The molecule has 5 unspecified atom stereocenters. The fourth-order valence-electron chi connectivity index (χ4n) is 3.98. The number of alkyl halides is 1. The van der Waals surface area contributed by atoms with Gasteiger partial charge in [0.2, 0.25) is 5.91 Å².